The number of ether oxygens (including phenoxy) is 1. The SMILES string of the molecule is CCc1ccc(Oc2nc3ccccc3s2)cc1C1C(=O)C2CCC(C2)C1=O. The minimum absolute atomic E-state index is 0.0474. The van der Waals surface area contributed by atoms with Gasteiger partial charge in [-0.15, -0.1) is 0 Å². The van der Waals surface area contributed by atoms with Crippen molar-refractivity contribution in [2.75, 3.05) is 0 Å². The van der Waals surface area contributed by atoms with E-state index in [9.17, 15) is 9.59 Å². The Balaban J connectivity index is 1.51. The van der Waals surface area contributed by atoms with Crippen molar-refractivity contribution in [2.24, 2.45) is 11.8 Å². The fourth-order valence-electron chi connectivity index (χ4n) is 4.64. The quantitative estimate of drug-likeness (QED) is 0.566. The van der Waals surface area contributed by atoms with Crippen molar-refractivity contribution >= 4 is 33.1 Å². The molecule has 1 aromatic heterocycles. The number of Topliss-reactive ketones (excluding diaryl/α,β-unsaturated/α-hetero) is 2. The number of hydrogen-bond acceptors (Lipinski definition) is 5. The molecule has 5 heteroatoms. The largest absolute Gasteiger partial charge is 0.431 e. The summed E-state index contributed by atoms with van der Waals surface area (Å²) in [6.07, 6.45) is 3.24. The normalized spacial score (nSPS) is 24.1. The first-order valence-electron chi connectivity index (χ1n) is 9.87. The third-order valence-corrected chi connectivity index (χ3v) is 7.01. The Morgan fingerprint density at radius 3 is 2.54 bits per heavy atom. The Morgan fingerprint density at radius 1 is 1.07 bits per heavy atom. The van der Waals surface area contributed by atoms with Gasteiger partial charge in [0.2, 0.25) is 0 Å². The van der Waals surface area contributed by atoms with Crippen LogP contribution in [0, 0.1) is 11.8 Å². The van der Waals surface area contributed by atoms with Gasteiger partial charge in [0.1, 0.15) is 11.7 Å². The molecule has 0 spiro atoms. The van der Waals surface area contributed by atoms with Gasteiger partial charge in [0.25, 0.3) is 5.19 Å². The van der Waals surface area contributed by atoms with Gasteiger partial charge in [-0.1, -0.05) is 36.5 Å². The predicted octanol–water partition coefficient (Wildman–Crippen LogP) is 5.30. The zero-order valence-electron chi connectivity index (χ0n) is 15.7. The summed E-state index contributed by atoms with van der Waals surface area (Å²) in [5.74, 6) is 0.304. The molecule has 0 aliphatic heterocycles. The molecular weight excluding hydrogens is 370 g/mol. The monoisotopic (exact) mass is 391 g/mol. The third kappa shape index (κ3) is 2.85. The molecule has 0 amide bonds. The minimum atomic E-state index is -0.625. The lowest BCUT2D eigenvalue weighted by molar-refractivity contribution is -0.135. The zero-order chi connectivity index (χ0) is 19.3. The maximum Gasteiger partial charge on any atom is 0.279 e. The summed E-state index contributed by atoms with van der Waals surface area (Å²) in [5, 5.41) is 0.567. The van der Waals surface area contributed by atoms with E-state index in [1.54, 1.807) is 0 Å². The second kappa shape index (κ2) is 6.82. The van der Waals surface area contributed by atoms with E-state index in [0.717, 1.165) is 47.0 Å². The summed E-state index contributed by atoms with van der Waals surface area (Å²) >= 11 is 1.49. The summed E-state index contributed by atoms with van der Waals surface area (Å²) in [6, 6.07) is 13.7. The second-order valence-electron chi connectivity index (χ2n) is 7.71. The van der Waals surface area contributed by atoms with Gasteiger partial charge in [-0.3, -0.25) is 9.59 Å². The van der Waals surface area contributed by atoms with E-state index in [4.69, 9.17) is 4.74 Å². The number of benzene rings is 2. The van der Waals surface area contributed by atoms with E-state index in [0.29, 0.717) is 10.9 Å². The van der Waals surface area contributed by atoms with Crippen molar-refractivity contribution in [3.8, 4) is 10.9 Å². The van der Waals surface area contributed by atoms with E-state index >= 15 is 0 Å². The molecule has 2 aliphatic rings. The molecule has 2 fully saturated rings. The fourth-order valence-corrected chi connectivity index (χ4v) is 5.47. The van der Waals surface area contributed by atoms with Crippen LogP contribution in [0.4, 0.5) is 0 Å². The Labute approximate surface area is 167 Å². The number of carbonyl (C=O) groups excluding carboxylic acids is 2. The van der Waals surface area contributed by atoms with Gasteiger partial charge < -0.3 is 4.74 Å². The summed E-state index contributed by atoms with van der Waals surface area (Å²) in [7, 11) is 0. The Bertz CT molecular complexity index is 1030. The molecule has 3 aromatic rings. The average Bonchev–Trinajstić information content (AvgIpc) is 3.32. The number of fused-ring (bicyclic) bond motifs is 3. The number of thiazole rings is 1. The molecule has 0 radical (unpaired) electrons. The van der Waals surface area contributed by atoms with Gasteiger partial charge in [0.15, 0.2) is 11.6 Å². The lowest BCUT2D eigenvalue weighted by Gasteiger charge is -2.27. The van der Waals surface area contributed by atoms with Gasteiger partial charge in [0.05, 0.1) is 10.2 Å². The molecular formula is C23H21NO3S. The number of hydrogen-bond donors (Lipinski definition) is 0. The van der Waals surface area contributed by atoms with Gasteiger partial charge in [-0.05, 0) is 61.1 Å². The summed E-state index contributed by atoms with van der Waals surface area (Å²) < 4.78 is 7.09. The third-order valence-electron chi connectivity index (χ3n) is 6.10. The molecule has 2 bridgehead atoms. The molecule has 5 rings (SSSR count). The summed E-state index contributed by atoms with van der Waals surface area (Å²) in [5.41, 5.74) is 2.78. The second-order valence-corrected chi connectivity index (χ2v) is 8.70. The first-order chi connectivity index (χ1) is 13.6. The standard InChI is InChI=1S/C23H21NO3S/c1-2-13-9-10-16(27-23-24-18-5-3-4-6-19(18)28-23)12-17(13)20-21(25)14-7-8-15(11-14)22(20)26/h3-6,9-10,12,14-15,20H,2,7-8,11H2,1H3. The number of ketones is 2. The Morgan fingerprint density at radius 2 is 1.82 bits per heavy atom. The van der Waals surface area contributed by atoms with E-state index in [1.165, 1.54) is 11.3 Å². The van der Waals surface area contributed by atoms with Crippen molar-refractivity contribution in [1.29, 1.82) is 0 Å². The van der Waals surface area contributed by atoms with Crippen molar-refractivity contribution in [3.05, 3.63) is 53.6 Å². The topological polar surface area (TPSA) is 56.3 Å². The van der Waals surface area contributed by atoms with Crippen LogP contribution in [0.5, 0.6) is 10.9 Å². The van der Waals surface area contributed by atoms with Gasteiger partial charge >= 0.3 is 0 Å². The van der Waals surface area contributed by atoms with Gasteiger partial charge in [-0.2, -0.15) is 0 Å². The zero-order valence-corrected chi connectivity index (χ0v) is 16.5. The average molecular weight is 391 g/mol. The van der Waals surface area contributed by atoms with Crippen molar-refractivity contribution in [3.63, 3.8) is 0 Å². The molecule has 4 nitrogen and oxygen atoms in total. The number of carbonyl (C=O) groups is 2. The number of rotatable bonds is 4. The van der Waals surface area contributed by atoms with E-state index in [-0.39, 0.29) is 23.4 Å². The van der Waals surface area contributed by atoms with Crippen LogP contribution in [0.1, 0.15) is 43.2 Å². The van der Waals surface area contributed by atoms with Crippen LogP contribution in [-0.4, -0.2) is 16.6 Å². The highest BCUT2D eigenvalue weighted by Gasteiger charge is 2.47. The van der Waals surface area contributed by atoms with Crippen LogP contribution < -0.4 is 4.74 Å². The van der Waals surface area contributed by atoms with Crippen LogP contribution in [0.3, 0.4) is 0 Å². The smallest absolute Gasteiger partial charge is 0.279 e. The first-order valence-corrected chi connectivity index (χ1v) is 10.7. The van der Waals surface area contributed by atoms with Crippen LogP contribution in [-0.2, 0) is 16.0 Å². The molecule has 2 atom stereocenters. The van der Waals surface area contributed by atoms with Crippen molar-refractivity contribution in [1.82, 2.24) is 4.98 Å². The fraction of sp³-hybridized carbons (Fsp3) is 0.348. The van der Waals surface area contributed by atoms with Gasteiger partial charge in [0, 0.05) is 11.8 Å². The maximum atomic E-state index is 13.0. The van der Waals surface area contributed by atoms with E-state index in [1.807, 2.05) is 42.5 Å². The first kappa shape index (κ1) is 17.6. The number of nitrogens with zero attached hydrogens (tertiary/aromatic N) is 1. The highest BCUT2D eigenvalue weighted by molar-refractivity contribution is 7.20. The molecule has 1 heterocycles. The lowest BCUT2D eigenvalue weighted by Crippen LogP contribution is -2.35. The number of aromatic nitrogens is 1. The van der Waals surface area contributed by atoms with Crippen molar-refractivity contribution in [2.45, 2.75) is 38.5 Å². The highest BCUT2D eigenvalue weighted by Crippen LogP contribution is 2.45. The predicted molar refractivity (Wildman–Crippen MR) is 109 cm³/mol. The highest BCUT2D eigenvalue weighted by atomic mass is 32.1. The van der Waals surface area contributed by atoms with E-state index in [2.05, 4.69) is 11.9 Å². The molecule has 2 aliphatic carbocycles. The minimum Gasteiger partial charge on any atom is -0.431 e. The summed E-state index contributed by atoms with van der Waals surface area (Å²) in [4.78, 5) is 30.5. The van der Waals surface area contributed by atoms with E-state index < -0.39 is 5.92 Å². The maximum absolute atomic E-state index is 13.0. The summed E-state index contributed by atoms with van der Waals surface area (Å²) in [6.45, 7) is 2.05. The van der Waals surface area contributed by atoms with Crippen LogP contribution in [0.15, 0.2) is 42.5 Å². The molecule has 142 valence electrons. The molecule has 28 heavy (non-hydrogen) atoms. The Kier molecular flexibility index (Phi) is 4.27. The Hall–Kier alpha value is -2.53. The van der Waals surface area contributed by atoms with Gasteiger partial charge in [-0.25, -0.2) is 4.98 Å². The van der Waals surface area contributed by atoms with Crippen molar-refractivity contribution < 1.29 is 14.3 Å². The number of aryl methyl sites for hydroxylation is 1. The number of para-hydroxylation sites is 1. The molecule has 2 unspecified atom stereocenters. The molecule has 2 aromatic carbocycles. The molecule has 0 saturated heterocycles. The van der Waals surface area contributed by atoms with Crippen LogP contribution in [0.25, 0.3) is 10.2 Å². The molecule has 2 saturated carbocycles. The van der Waals surface area contributed by atoms with Crippen LogP contribution >= 0.6 is 11.3 Å². The lowest BCUT2D eigenvalue weighted by atomic mass is 9.74. The molecule has 0 N–H and O–H groups in total. The van der Waals surface area contributed by atoms with Crippen LogP contribution in [0.2, 0.25) is 0 Å².